The van der Waals surface area contributed by atoms with E-state index in [-0.39, 0.29) is 8.64 Å². The van der Waals surface area contributed by atoms with Gasteiger partial charge in [0.2, 0.25) is 0 Å². The summed E-state index contributed by atoms with van der Waals surface area (Å²) in [5.41, 5.74) is 8.29. The zero-order valence-electron chi connectivity index (χ0n) is 29.9. The molecule has 0 saturated carbocycles. The van der Waals surface area contributed by atoms with E-state index in [1.807, 2.05) is 97.1 Å². The van der Waals surface area contributed by atoms with E-state index in [1.165, 1.54) is 0 Å². The van der Waals surface area contributed by atoms with Crippen LogP contribution in [0.15, 0.2) is 143 Å². The number of hydrogen-bond donors (Lipinski definition) is 2. The van der Waals surface area contributed by atoms with Crippen LogP contribution in [0.1, 0.15) is 27.8 Å². The minimum Gasteiger partial charge on any atom is -0.480 e. The minimum atomic E-state index is -1.14. The van der Waals surface area contributed by atoms with Gasteiger partial charge in [0.05, 0.1) is 9.81 Å². The zero-order valence-corrected chi connectivity index (χ0v) is 33.1. The quantitative estimate of drug-likeness (QED) is 0.0712. The van der Waals surface area contributed by atoms with Crippen LogP contribution in [0.3, 0.4) is 0 Å². The molecule has 0 bridgehead atoms. The molecule has 5 aromatic rings. The molecule has 2 fully saturated rings. The highest BCUT2D eigenvalue weighted by Gasteiger charge is 2.34. The number of thiocarbonyl (C=S) groups is 2. The number of carboxylic acid groups (broad SMARTS) is 2. The first-order valence-electron chi connectivity index (χ1n) is 17.4. The van der Waals surface area contributed by atoms with E-state index in [4.69, 9.17) is 24.4 Å². The normalized spacial score (nSPS) is 15.4. The van der Waals surface area contributed by atoms with E-state index in [1.54, 1.807) is 12.2 Å². The molecule has 0 unspecified atom stereocenters. The van der Waals surface area contributed by atoms with Crippen molar-refractivity contribution in [2.24, 2.45) is 0 Å². The third-order valence-corrected chi connectivity index (χ3v) is 11.6. The van der Waals surface area contributed by atoms with Crippen LogP contribution in [0.2, 0.25) is 0 Å². The van der Waals surface area contributed by atoms with Crippen molar-refractivity contribution in [2.45, 2.75) is 0 Å². The first-order chi connectivity index (χ1) is 27.5. The Kier molecular flexibility index (Phi) is 11.9. The number of aliphatic carboxylic acids is 2. The monoisotopic (exact) mass is 825 g/mol. The average molecular weight is 826 g/mol. The van der Waals surface area contributed by atoms with Gasteiger partial charge >= 0.3 is 11.9 Å². The summed E-state index contributed by atoms with van der Waals surface area (Å²) in [4.78, 5) is 53.2. The van der Waals surface area contributed by atoms with E-state index in [2.05, 4.69) is 47.4 Å². The maximum atomic E-state index is 12.9. The third-order valence-electron chi connectivity index (χ3n) is 8.86. The van der Waals surface area contributed by atoms with Crippen molar-refractivity contribution < 1.29 is 29.4 Å². The molecular formula is C44H31N3O6S4. The van der Waals surface area contributed by atoms with E-state index in [9.17, 15) is 29.4 Å². The van der Waals surface area contributed by atoms with Gasteiger partial charge in [-0.15, -0.1) is 0 Å². The van der Waals surface area contributed by atoms with Crippen LogP contribution >= 0.6 is 48.0 Å². The Morgan fingerprint density at radius 3 is 1.25 bits per heavy atom. The Morgan fingerprint density at radius 2 is 0.895 bits per heavy atom. The summed E-state index contributed by atoms with van der Waals surface area (Å²) in [6, 6.07) is 43.9. The fourth-order valence-electron chi connectivity index (χ4n) is 6.19. The summed E-state index contributed by atoms with van der Waals surface area (Å²) in [6.07, 6.45) is 5.56. The maximum Gasteiger partial charge on any atom is 0.323 e. The summed E-state index contributed by atoms with van der Waals surface area (Å²) >= 11 is 12.7. The van der Waals surface area contributed by atoms with E-state index < -0.39 is 36.8 Å². The van der Waals surface area contributed by atoms with Crippen LogP contribution in [-0.2, 0) is 19.2 Å². The summed E-state index contributed by atoms with van der Waals surface area (Å²) in [7, 11) is 0. The smallest absolute Gasteiger partial charge is 0.323 e. The Hall–Kier alpha value is -6.12. The Bertz CT molecular complexity index is 2340. The fourth-order valence-corrected chi connectivity index (χ4v) is 8.70. The van der Waals surface area contributed by atoms with Crippen LogP contribution in [0.4, 0.5) is 17.1 Å². The number of amides is 2. The lowest BCUT2D eigenvalue weighted by atomic mass is 9.95. The van der Waals surface area contributed by atoms with Gasteiger partial charge in [0.15, 0.2) is 0 Å². The molecule has 0 atom stereocenters. The second-order valence-electron chi connectivity index (χ2n) is 12.7. The summed E-state index contributed by atoms with van der Waals surface area (Å²) in [6.45, 7) is -0.988. The minimum absolute atomic E-state index is 0.199. The van der Waals surface area contributed by atoms with Crippen molar-refractivity contribution in [3.05, 3.63) is 171 Å². The largest absolute Gasteiger partial charge is 0.480 e. The highest BCUT2D eigenvalue weighted by molar-refractivity contribution is 8.27. The molecule has 0 aliphatic carbocycles. The molecule has 2 aliphatic rings. The lowest BCUT2D eigenvalue weighted by Gasteiger charge is -2.26. The molecule has 9 nitrogen and oxygen atoms in total. The Balaban J connectivity index is 1.22. The molecule has 2 aliphatic heterocycles. The number of anilines is 3. The predicted octanol–water partition coefficient (Wildman–Crippen LogP) is 9.32. The number of thioether (sulfide) groups is 2. The van der Waals surface area contributed by atoms with Crippen LogP contribution in [0, 0.1) is 0 Å². The Labute approximate surface area is 347 Å². The van der Waals surface area contributed by atoms with Crippen LogP contribution in [0.5, 0.6) is 0 Å². The standard InChI is InChI=1S/C44H31N3O6S4/c48-39(49)26-45-41(52)37(56-43(45)54)24-29-13-19-34(20-14-29)47(35-21-15-30(16-22-35)25-38-42(53)46(27-40(50)51)44(55)57-38)33-17-11-28(12-18-33)23-36(31-7-3-1-4-8-31)32-9-5-2-6-10-32/h1-25H,26-27H2,(H,48,49)(H,50,51)/b37-24-,38-25+. The van der Waals surface area contributed by atoms with Crippen molar-refractivity contribution in [1.82, 2.24) is 9.80 Å². The van der Waals surface area contributed by atoms with Gasteiger partial charge in [-0.3, -0.25) is 29.0 Å². The van der Waals surface area contributed by atoms with E-state index in [0.717, 1.165) is 83.8 Å². The van der Waals surface area contributed by atoms with Crippen molar-refractivity contribution >= 4 is 121 Å². The first-order valence-corrected chi connectivity index (χ1v) is 19.9. The van der Waals surface area contributed by atoms with Crippen molar-refractivity contribution in [3.63, 3.8) is 0 Å². The molecule has 2 N–H and O–H groups in total. The second kappa shape index (κ2) is 17.3. The number of benzene rings is 5. The van der Waals surface area contributed by atoms with Crippen LogP contribution in [0.25, 0.3) is 23.8 Å². The van der Waals surface area contributed by atoms with Crippen molar-refractivity contribution in [1.29, 1.82) is 0 Å². The fraction of sp³-hybridized carbons (Fsp3) is 0.0455. The zero-order chi connectivity index (χ0) is 40.1. The van der Waals surface area contributed by atoms with Crippen LogP contribution < -0.4 is 4.90 Å². The molecule has 2 saturated heterocycles. The molecule has 57 heavy (non-hydrogen) atoms. The second-order valence-corrected chi connectivity index (χ2v) is 16.1. The molecule has 5 aromatic carbocycles. The van der Waals surface area contributed by atoms with E-state index >= 15 is 0 Å². The number of hydrogen-bond acceptors (Lipinski definition) is 9. The average Bonchev–Trinajstić information content (AvgIpc) is 3.62. The molecule has 282 valence electrons. The van der Waals surface area contributed by atoms with Crippen molar-refractivity contribution in [2.75, 3.05) is 18.0 Å². The lowest BCUT2D eigenvalue weighted by Crippen LogP contribution is -2.33. The number of carbonyl (C=O) groups is 4. The van der Waals surface area contributed by atoms with Gasteiger partial charge in [0.25, 0.3) is 11.8 Å². The summed E-state index contributed by atoms with van der Waals surface area (Å²) < 4.78 is 0.398. The number of carbonyl (C=O) groups excluding carboxylic acids is 2. The van der Waals surface area contributed by atoms with Gasteiger partial charge in [-0.2, -0.15) is 0 Å². The highest BCUT2D eigenvalue weighted by atomic mass is 32.2. The lowest BCUT2D eigenvalue weighted by molar-refractivity contribution is -0.140. The highest BCUT2D eigenvalue weighted by Crippen LogP contribution is 2.38. The van der Waals surface area contributed by atoms with E-state index in [0.29, 0.717) is 9.81 Å². The Morgan fingerprint density at radius 1 is 0.544 bits per heavy atom. The van der Waals surface area contributed by atoms with Gasteiger partial charge in [-0.25, -0.2) is 0 Å². The molecule has 0 aromatic heterocycles. The van der Waals surface area contributed by atoms with Gasteiger partial charge in [-0.05, 0) is 88.0 Å². The van der Waals surface area contributed by atoms with Gasteiger partial charge < -0.3 is 15.1 Å². The molecule has 7 rings (SSSR count). The molecule has 13 heteroatoms. The predicted molar refractivity (Wildman–Crippen MR) is 236 cm³/mol. The molecule has 2 heterocycles. The SMILES string of the molecule is O=C(O)CN1C(=O)/C(=C/c2ccc(N(c3ccc(C=C(c4ccccc4)c4ccccc4)cc3)c3ccc(/C=C4/SC(=S)N(CC(=O)O)C4=O)cc3)cc2)SC1=S. The summed E-state index contributed by atoms with van der Waals surface area (Å²) in [5, 5.41) is 18.4. The number of nitrogens with zero attached hydrogens (tertiary/aromatic N) is 3. The molecule has 0 radical (unpaired) electrons. The van der Waals surface area contributed by atoms with Gasteiger partial charge in [0, 0.05) is 17.1 Å². The van der Waals surface area contributed by atoms with Crippen LogP contribution in [-0.4, -0.2) is 65.5 Å². The number of rotatable bonds is 12. The maximum absolute atomic E-state index is 12.9. The molecule has 2 amide bonds. The first kappa shape index (κ1) is 39.1. The summed E-state index contributed by atoms with van der Waals surface area (Å²) in [5.74, 6) is -3.18. The molecule has 0 spiro atoms. The number of carboxylic acids is 2. The topological polar surface area (TPSA) is 118 Å². The van der Waals surface area contributed by atoms with Gasteiger partial charge in [-0.1, -0.05) is 145 Å². The molecular weight excluding hydrogens is 795 g/mol. The van der Waals surface area contributed by atoms with Crippen molar-refractivity contribution in [3.8, 4) is 0 Å². The third kappa shape index (κ3) is 9.14. The van der Waals surface area contributed by atoms with Gasteiger partial charge in [0.1, 0.15) is 21.7 Å².